The van der Waals surface area contributed by atoms with Gasteiger partial charge in [-0.3, -0.25) is 9.59 Å². The monoisotopic (exact) mass is 498 g/mol. The molecule has 2 saturated carbocycles. The molecular weight excluding hydrogens is 448 g/mol. The lowest BCUT2D eigenvalue weighted by Crippen LogP contribution is -2.46. The molecule has 5 atom stereocenters. The summed E-state index contributed by atoms with van der Waals surface area (Å²) >= 11 is 0. The maximum atomic E-state index is 12.9. The van der Waals surface area contributed by atoms with Gasteiger partial charge in [0, 0.05) is 31.3 Å². The molecule has 0 aromatic heterocycles. The number of benzene rings is 1. The number of nitrogens with one attached hydrogen (secondary N) is 1. The second-order valence-electron chi connectivity index (χ2n) is 10.8. The predicted molar refractivity (Wildman–Crippen MR) is 147 cm³/mol. The first kappa shape index (κ1) is 28.7. The van der Waals surface area contributed by atoms with Crippen molar-refractivity contribution in [2.75, 3.05) is 33.3 Å². The van der Waals surface area contributed by atoms with Crippen molar-refractivity contribution in [1.82, 2.24) is 10.2 Å². The summed E-state index contributed by atoms with van der Waals surface area (Å²) in [5.41, 5.74) is 2.52. The van der Waals surface area contributed by atoms with Crippen LogP contribution in [0.5, 0.6) is 5.75 Å². The second-order valence-corrected chi connectivity index (χ2v) is 10.8. The van der Waals surface area contributed by atoms with E-state index in [0.29, 0.717) is 24.0 Å². The summed E-state index contributed by atoms with van der Waals surface area (Å²) in [4.78, 5) is 28.1. The number of ether oxygens (including phenoxy) is 1. The summed E-state index contributed by atoms with van der Waals surface area (Å²) in [5, 5.41) is 2.83. The number of hydrogen-bond donors (Lipinski definition) is 1. The van der Waals surface area contributed by atoms with E-state index in [0.717, 1.165) is 51.0 Å². The fourth-order valence-electron chi connectivity index (χ4n) is 7.45. The minimum atomic E-state index is -0.325. The summed E-state index contributed by atoms with van der Waals surface area (Å²) in [6, 6.07) is 6.67. The Bertz CT molecular complexity index is 879. The van der Waals surface area contributed by atoms with Gasteiger partial charge in [-0.15, -0.1) is 0 Å². The van der Waals surface area contributed by atoms with E-state index < -0.39 is 0 Å². The van der Waals surface area contributed by atoms with Gasteiger partial charge in [0.05, 0.1) is 6.61 Å². The van der Waals surface area contributed by atoms with Crippen LogP contribution in [0.2, 0.25) is 0 Å². The number of Topliss-reactive ketones (excluding diaryl/α,β-unsaturated/α-hetero) is 1. The van der Waals surface area contributed by atoms with Crippen LogP contribution in [0.15, 0.2) is 18.2 Å². The minimum absolute atomic E-state index is 0.0520. The third-order valence-electron chi connectivity index (χ3n) is 9.09. The standard InChI is InChI=1S/C27H38N2O3.2C2H6/c1-27-11-10-21-20-9-7-19(32-15-5-14-29-12-3-4-13-29)16-18(20)6-8-22(21)25(27)23(17-24(27)30)26(31)28-2;2*1-2/h7,9,16,21-23,25H,3-6,8,10-15,17H2,1-2H3,(H,28,31);2*1-2H3/t21?,22?,23-,25?,27?;;/m0../s1. The molecule has 3 fully saturated rings. The molecule has 0 bridgehead atoms. The Balaban J connectivity index is 0.000000861. The Hall–Kier alpha value is -1.88. The maximum absolute atomic E-state index is 12.9. The molecule has 1 saturated heterocycles. The second kappa shape index (κ2) is 13.1. The van der Waals surface area contributed by atoms with Crippen LogP contribution < -0.4 is 10.1 Å². The van der Waals surface area contributed by atoms with Gasteiger partial charge in [-0.1, -0.05) is 40.7 Å². The smallest absolute Gasteiger partial charge is 0.223 e. The van der Waals surface area contributed by atoms with Crippen molar-refractivity contribution in [3.05, 3.63) is 29.3 Å². The molecule has 202 valence electrons. The molecule has 5 rings (SSSR count). The normalized spacial score (nSPS) is 30.6. The van der Waals surface area contributed by atoms with Crippen LogP contribution in [0.25, 0.3) is 0 Å². The van der Waals surface area contributed by atoms with E-state index in [1.54, 1.807) is 7.05 Å². The first-order valence-corrected chi connectivity index (χ1v) is 14.7. The number of carbonyl (C=O) groups excluding carboxylic acids is 2. The van der Waals surface area contributed by atoms with Crippen LogP contribution in [0.1, 0.15) is 96.6 Å². The Morgan fingerprint density at radius 2 is 1.86 bits per heavy atom. The van der Waals surface area contributed by atoms with E-state index in [-0.39, 0.29) is 23.2 Å². The third kappa shape index (κ3) is 5.66. The van der Waals surface area contributed by atoms with E-state index in [4.69, 9.17) is 4.74 Å². The van der Waals surface area contributed by atoms with E-state index in [9.17, 15) is 9.59 Å². The van der Waals surface area contributed by atoms with Gasteiger partial charge in [0.2, 0.25) is 5.91 Å². The van der Waals surface area contributed by atoms with Crippen LogP contribution in [-0.4, -0.2) is 49.9 Å². The van der Waals surface area contributed by atoms with Gasteiger partial charge in [-0.25, -0.2) is 0 Å². The molecule has 4 aliphatic rings. The quantitative estimate of drug-likeness (QED) is 0.489. The van der Waals surface area contributed by atoms with E-state index in [2.05, 4.69) is 35.3 Å². The third-order valence-corrected chi connectivity index (χ3v) is 9.09. The van der Waals surface area contributed by atoms with E-state index in [1.807, 2.05) is 27.7 Å². The van der Waals surface area contributed by atoms with Crippen LogP contribution in [0, 0.1) is 23.2 Å². The Labute approximate surface area is 219 Å². The molecule has 1 aliphatic heterocycles. The fourth-order valence-corrected chi connectivity index (χ4v) is 7.45. The zero-order chi connectivity index (χ0) is 26.3. The molecule has 5 heteroatoms. The molecule has 5 nitrogen and oxygen atoms in total. The van der Waals surface area contributed by atoms with Crippen LogP contribution >= 0.6 is 0 Å². The lowest BCUT2D eigenvalue weighted by Gasteiger charge is -2.49. The number of amides is 1. The van der Waals surface area contributed by atoms with Crippen molar-refractivity contribution >= 4 is 11.7 Å². The number of ketones is 1. The van der Waals surface area contributed by atoms with Crippen molar-refractivity contribution < 1.29 is 14.3 Å². The van der Waals surface area contributed by atoms with Crippen LogP contribution in [-0.2, 0) is 16.0 Å². The largest absolute Gasteiger partial charge is 0.494 e. The van der Waals surface area contributed by atoms with Gasteiger partial charge in [-0.2, -0.15) is 0 Å². The number of likely N-dealkylation sites (tertiary alicyclic amines) is 1. The molecule has 36 heavy (non-hydrogen) atoms. The molecule has 4 unspecified atom stereocenters. The van der Waals surface area contributed by atoms with Crippen molar-refractivity contribution in [2.24, 2.45) is 23.2 Å². The summed E-state index contributed by atoms with van der Waals surface area (Å²) in [6.45, 7) is 14.5. The fraction of sp³-hybridized carbons (Fsp3) is 0.742. The molecule has 1 amide bonds. The molecule has 1 N–H and O–H groups in total. The Morgan fingerprint density at radius 3 is 2.56 bits per heavy atom. The Kier molecular flexibility index (Phi) is 10.4. The number of carbonyl (C=O) groups is 2. The molecule has 1 aromatic carbocycles. The molecule has 3 aliphatic carbocycles. The number of aryl methyl sites for hydroxylation is 1. The Morgan fingerprint density at radius 1 is 1.14 bits per heavy atom. The van der Waals surface area contributed by atoms with Crippen molar-refractivity contribution in [2.45, 2.75) is 91.9 Å². The topological polar surface area (TPSA) is 58.6 Å². The van der Waals surface area contributed by atoms with Crippen molar-refractivity contribution in [3.8, 4) is 5.75 Å². The van der Waals surface area contributed by atoms with Gasteiger partial charge >= 0.3 is 0 Å². The van der Waals surface area contributed by atoms with Gasteiger partial charge in [0.15, 0.2) is 0 Å². The van der Waals surface area contributed by atoms with Gasteiger partial charge in [0.25, 0.3) is 0 Å². The minimum Gasteiger partial charge on any atom is -0.494 e. The highest BCUT2D eigenvalue weighted by atomic mass is 16.5. The molecule has 1 heterocycles. The highest BCUT2D eigenvalue weighted by Gasteiger charge is 2.60. The number of rotatable bonds is 6. The highest BCUT2D eigenvalue weighted by molar-refractivity contribution is 5.94. The van der Waals surface area contributed by atoms with Gasteiger partial charge in [-0.05, 0) is 99.0 Å². The molecule has 0 spiro atoms. The predicted octanol–water partition coefficient (Wildman–Crippen LogP) is 6.00. The summed E-state index contributed by atoms with van der Waals surface area (Å²) in [6.07, 6.45) is 8.21. The van der Waals surface area contributed by atoms with Crippen molar-refractivity contribution in [3.63, 3.8) is 0 Å². The average molecular weight is 499 g/mol. The van der Waals surface area contributed by atoms with E-state index >= 15 is 0 Å². The zero-order valence-electron chi connectivity index (χ0n) is 23.7. The maximum Gasteiger partial charge on any atom is 0.223 e. The zero-order valence-corrected chi connectivity index (χ0v) is 23.7. The first-order valence-electron chi connectivity index (χ1n) is 14.7. The molecule has 1 aromatic rings. The van der Waals surface area contributed by atoms with Gasteiger partial charge in [0.1, 0.15) is 11.5 Å². The first-order chi connectivity index (χ1) is 17.5. The van der Waals surface area contributed by atoms with Crippen molar-refractivity contribution in [1.29, 1.82) is 0 Å². The number of fused-ring (bicyclic) bond motifs is 5. The highest BCUT2D eigenvalue weighted by Crippen LogP contribution is 2.61. The van der Waals surface area contributed by atoms with Crippen LogP contribution in [0.3, 0.4) is 0 Å². The summed E-state index contributed by atoms with van der Waals surface area (Å²) in [5.74, 6) is 2.23. The summed E-state index contributed by atoms with van der Waals surface area (Å²) < 4.78 is 6.11. The number of nitrogens with zero attached hydrogens (tertiary/aromatic N) is 1. The average Bonchev–Trinajstić information content (AvgIpc) is 3.54. The lowest BCUT2D eigenvalue weighted by molar-refractivity contribution is -0.130. The van der Waals surface area contributed by atoms with Crippen LogP contribution in [0.4, 0.5) is 0 Å². The SMILES string of the molecule is CC.CC.CNC(=O)[C@H]1CC(=O)C2(C)CCC3c4ccc(OCCCN5CCCC5)cc4CCC3C12. The van der Waals surface area contributed by atoms with Gasteiger partial charge < -0.3 is 15.0 Å². The molecule has 0 radical (unpaired) electrons. The molecular formula is C31H50N2O3. The number of hydrogen-bond acceptors (Lipinski definition) is 4. The lowest BCUT2D eigenvalue weighted by atomic mass is 9.54. The summed E-state index contributed by atoms with van der Waals surface area (Å²) in [7, 11) is 1.70. The van der Waals surface area contributed by atoms with E-state index in [1.165, 1.54) is 37.1 Å².